The van der Waals surface area contributed by atoms with E-state index in [0.717, 1.165) is 45.9 Å². The van der Waals surface area contributed by atoms with E-state index in [1.54, 1.807) is 53.1 Å². The third kappa shape index (κ3) is 9.65. The number of carbonyl (C=O) groups excluding carboxylic acids is 4. The van der Waals surface area contributed by atoms with Crippen LogP contribution in [0, 0.1) is 0 Å². The van der Waals surface area contributed by atoms with Crippen molar-refractivity contribution >= 4 is 78.5 Å². The van der Waals surface area contributed by atoms with Gasteiger partial charge in [0.2, 0.25) is 5.91 Å². The zero-order valence-electron chi connectivity index (χ0n) is 33.4. The van der Waals surface area contributed by atoms with Crippen molar-refractivity contribution in [1.29, 1.82) is 0 Å². The minimum atomic E-state index is -0.402. The standard InChI is InChI=1S/C44H48BrN7O7/c1-4-57-21-22-58-20-15-40(53)49-48-28(2)29-9-11-30(12-10-29)42(54)46-33-13-14-36-31(23-33)24-37(47-36)43(55)52-27-32(26-45)41-35-8-6-5-7-34(35)39(25-38(41)52)59-44(56)51-18-16-50(3)17-19-51/h5-14,23-25,32,47H,4,15-22,26-27H2,1-3H3,(H,46,54)(H,49,53)/t32-/m1/s1. The first-order valence-electron chi connectivity index (χ1n) is 19.8. The molecule has 0 aliphatic carbocycles. The highest BCUT2D eigenvalue weighted by atomic mass is 79.9. The van der Waals surface area contributed by atoms with Crippen LogP contribution in [-0.4, -0.2) is 116 Å². The Morgan fingerprint density at radius 2 is 1.61 bits per heavy atom. The van der Waals surface area contributed by atoms with Gasteiger partial charge in [-0.25, -0.2) is 10.2 Å². The van der Waals surface area contributed by atoms with Crippen LogP contribution < -0.4 is 20.4 Å². The number of hydrazone groups is 1. The normalized spacial score (nSPS) is 15.7. The van der Waals surface area contributed by atoms with E-state index in [2.05, 4.69) is 41.7 Å². The Hall–Kier alpha value is -5.61. The largest absolute Gasteiger partial charge is 0.415 e. The predicted molar refractivity (Wildman–Crippen MR) is 232 cm³/mol. The van der Waals surface area contributed by atoms with Crippen molar-refractivity contribution in [3.63, 3.8) is 0 Å². The third-order valence-corrected chi connectivity index (χ3v) is 11.4. The minimum Gasteiger partial charge on any atom is -0.409 e. The van der Waals surface area contributed by atoms with E-state index in [0.29, 0.717) is 78.9 Å². The summed E-state index contributed by atoms with van der Waals surface area (Å²) >= 11 is 3.69. The number of aromatic amines is 1. The van der Waals surface area contributed by atoms with Crippen molar-refractivity contribution in [1.82, 2.24) is 20.2 Å². The van der Waals surface area contributed by atoms with Crippen LogP contribution in [0.25, 0.3) is 21.7 Å². The molecule has 4 aromatic carbocycles. The molecule has 2 aliphatic heterocycles. The summed E-state index contributed by atoms with van der Waals surface area (Å²) in [7, 11) is 2.03. The molecule has 2 aliphatic rings. The maximum absolute atomic E-state index is 14.3. The predicted octanol–water partition coefficient (Wildman–Crippen LogP) is 6.74. The lowest BCUT2D eigenvalue weighted by molar-refractivity contribution is -0.122. The topological polar surface area (TPSA) is 158 Å². The Balaban J connectivity index is 1.02. The first kappa shape index (κ1) is 41.5. The highest BCUT2D eigenvalue weighted by molar-refractivity contribution is 9.09. The summed E-state index contributed by atoms with van der Waals surface area (Å²) in [6.07, 6.45) is -0.226. The van der Waals surface area contributed by atoms with Gasteiger partial charge in [-0.15, -0.1) is 0 Å². The number of H-pyrrole nitrogens is 1. The number of benzene rings is 4. The highest BCUT2D eigenvalue weighted by Gasteiger charge is 2.36. The number of fused-ring (bicyclic) bond motifs is 4. The summed E-state index contributed by atoms with van der Waals surface area (Å²) in [6.45, 7) is 8.65. The second kappa shape index (κ2) is 19.0. The van der Waals surface area contributed by atoms with Crippen molar-refractivity contribution in [2.45, 2.75) is 26.2 Å². The molecule has 14 nitrogen and oxygen atoms in total. The molecule has 1 fully saturated rings. The van der Waals surface area contributed by atoms with E-state index in [1.165, 1.54) is 0 Å². The summed E-state index contributed by atoms with van der Waals surface area (Å²) in [5.41, 5.74) is 7.75. The van der Waals surface area contributed by atoms with E-state index < -0.39 is 6.09 Å². The van der Waals surface area contributed by atoms with Crippen LogP contribution >= 0.6 is 15.9 Å². The number of hydrogen-bond donors (Lipinski definition) is 3. The third-order valence-electron chi connectivity index (χ3n) is 10.6. The van der Waals surface area contributed by atoms with Gasteiger partial charge in [-0.2, -0.15) is 5.10 Å². The molecular weight excluding hydrogens is 818 g/mol. The molecule has 0 unspecified atom stereocenters. The van der Waals surface area contributed by atoms with Gasteiger partial charge in [-0.05, 0) is 73.8 Å². The quantitative estimate of drug-likeness (QED) is 0.0480. The number of piperazine rings is 1. The molecule has 0 saturated carbocycles. The van der Waals surface area contributed by atoms with Crippen molar-refractivity contribution in [3.8, 4) is 5.75 Å². The maximum atomic E-state index is 14.3. The van der Waals surface area contributed by atoms with Gasteiger partial charge in [0.1, 0.15) is 11.4 Å². The number of nitrogens with one attached hydrogen (secondary N) is 3. The molecule has 1 saturated heterocycles. The zero-order chi connectivity index (χ0) is 41.5. The number of hydrogen-bond acceptors (Lipinski definition) is 9. The van der Waals surface area contributed by atoms with Crippen LogP contribution in [0.5, 0.6) is 5.75 Å². The van der Waals surface area contributed by atoms with Crippen LogP contribution in [-0.2, 0) is 14.3 Å². The van der Waals surface area contributed by atoms with E-state index in [1.807, 2.05) is 56.4 Å². The van der Waals surface area contributed by atoms with Crippen LogP contribution in [0.1, 0.15) is 58.2 Å². The number of nitrogens with zero attached hydrogens (tertiary/aromatic N) is 4. The van der Waals surface area contributed by atoms with E-state index in [9.17, 15) is 19.2 Å². The number of ether oxygens (including phenoxy) is 3. The van der Waals surface area contributed by atoms with Gasteiger partial charge in [0.05, 0.1) is 37.6 Å². The second-order valence-corrected chi connectivity index (χ2v) is 15.2. The number of aromatic nitrogens is 1. The number of halogens is 1. The molecule has 5 aromatic rings. The lowest BCUT2D eigenvalue weighted by Gasteiger charge is -2.31. The van der Waals surface area contributed by atoms with Crippen molar-refractivity contribution in [3.05, 3.63) is 101 Å². The number of carbonyl (C=O) groups is 4. The molecule has 308 valence electrons. The van der Waals surface area contributed by atoms with E-state index in [4.69, 9.17) is 14.2 Å². The Bertz CT molecular complexity index is 2370. The first-order valence-corrected chi connectivity index (χ1v) is 20.9. The van der Waals surface area contributed by atoms with Crippen LogP contribution in [0.15, 0.2) is 84.0 Å². The molecule has 59 heavy (non-hydrogen) atoms. The van der Waals surface area contributed by atoms with Crippen LogP contribution in [0.3, 0.4) is 0 Å². The van der Waals surface area contributed by atoms with Gasteiger partial charge in [-0.1, -0.05) is 52.3 Å². The van der Waals surface area contributed by atoms with Gasteiger partial charge in [0.25, 0.3) is 11.8 Å². The molecule has 3 heterocycles. The molecule has 7 rings (SSSR count). The maximum Gasteiger partial charge on any atom is 0.415 e. The zero-order valence-corrected chi connectivity index (χ0v) is 35.0. The van der Waals surface area contributed by atoms with Crippen molar-refractivity contribution in [2.24, 2.45) is 5.10 Å². The fourth-order valence-electron chi connectivity index (χ4n) is 7.30. The smallest absolute Gasteiger partial charge is 0.409 e. The fraction of sp³-hybridized carbons (Fsp3) is 0.341. The molecule has 1 aromatic heterocycles. The molecular formula is C44H48BrN7O7. The van der Waals surface area contributed by atoms with Crippen LogP contribution in [0.2, 0.25) is 0 Å². The summed E-state index contributed by atoms with van der Waals surface area (Å²) in [5, 5.41) is 10.3. The fourth-order valence-corrected chi connectivity index (χ4v) is 7.82. The minimum absolute atomic E-state index is 0.0188. The number of likely N-dealkylation sites (N-methyl/N-ethyl adjacent to an activating group) is 1. The monoisotopic (exact) mass is 865 g/mol. The van der Waals surface area contributed by atoms with Crippen molar-refractivity contribution in [2.75, 3.05) is 81.7 Å². The Morgan fingerprint density at radius 1 is 0.881 bits per heavy atom. The number of alkyl halides is 1. The lowest BCUT2D eigenvalue weighted by Crippen LogP contribution is -2.48. The first-order chi connectivity index (χ1) is 28.6. The van der Waals surface area contributed by atoms with Gasteiger partial charge in [0, 0.05) is 84.2 Å². The molecule has 1 atom stereocenters. The van der Waals surface area contributed by atoms with Gasteiger partial charge in [0.15, 0.2) is 0 Å². The van der Waals surface area contributed by atoms with Gasteiger partial charge >= 0.3 is 6.09 Å². The molecule has 4 amide bonds. The average molecular weight is 867 g/mol. The van der Waals surface area contributed by atoms with Crippen LogP contribution in [0.4, 0.5) is 16.2 Å². The number of rotatable bonds is 14. The number of amides is 4. The Morgan fingerprint density at radius 3 is 2.36 bits per heavy atom. The summed E-state index contributed by atoms with van der Waals surface area (Å²) in [5.74, 6) is -0.349. The highest BCUT2D eigenvalue weighted by Crippen LogP contribution is 2.46. The molecule has 15 heteroatoms. The average Bonchev–Trinajstić information content (AvgIpc) is 3.85. The molecule has 0 spiro atoms. The lowest BCUT2D eigenvalue weighted by atomic mass is 9.95. The van der Waals surface area contributed by atoms with E-state index >= 15 is 0 Å². The summed E-state index contributed by atoms with van der Waals surface area (Å²) in [4.78, 5) is 62.0. The molecule has 0 radical (unpaired) electrons. The Labute approximate surface area is 351 Å². The van der Waals surface area contributed by atoms with Gasteiger partial charge < -0.3 is 39.2 Å². The van der Waals surface area contributed by atoms with Gasteiger partial charge in [-0.3, -0.25) is 14.4 Å². The summed E-state index contributed by atoms with van der Waals surface area (Å²) in [6, 6.07) is 23.8. The van der Waals surface area contributed by atoms with E-state index in [-0.39, 0.29) is 36.7 Å². The molecule has 3 N–H and O–H groups in total. The number of anilines is 2. The second-order valence-electron chi connectivity index (χ2n) is 14.6. The van der Waals surface area contributed by atoms with Crippen molar-refractivity contribution < 1.29 is 33.4 Å². The SMILES string of the molecule is CCOCCOCCC(=O)NN=C(C)c1ccc(C(=O)Nc2ccc3[nH]c(C(=O)N4C[C@@H](CBr)c5c4cc(OC(=O)N4CCN(C)CC4)c4ccccc54)cc3c2)cc1. The molecule has 0 bridgehead atoms. The summed E-state index contributed by atoms with van der Waals surface area (Å²) < 4.78 is 16.6. The Kier molecular flexibility index (Phi) is 13.4.